The molecule has 6 unspecified atom stereocenters. The van der Waals surface area contributed by atoms with Gasteiger partial charge in [-0.05, 0) is 51.4 Å². The monoisotopic (exact) mass is 762 g/mol. The highest BCUT2D eigenvalue weighted by molar-refractivity contribution is 5.73. The Kier molecular flexibility index (Phi) is 30.1. The molecule has 0 aromatic heterocycles. The molecule has 1 saturated heterocycles. The molecule has 6 atom stereocenters. The number of carbonyl (C=O) groups excluding carboxylic acids is 2. The van der Waals surface area contributed by atoms with E-state index in [0.29, 0.717) is 19.3 Å². The van der Waals surface area contributed by atoms with E-state index in [4.69, 9.17) is 18.9 Å². The summed E-state index contributed by atoms with van der Waals surface area (Å²) in [5.74, 6) is -2.53. The van der Waals surface area contributed by atoms with Gasteiger partial charge in [-0.25, -0.2) is 4.79 Å². The third-order valence-corrected chi connectivity index (χ3v) is 8.88. The number of esters is 2. The predicted octanol–water partition coefficient (Wildman–Crippen LogP) is 7.97. The molecule has 0 saturated carbocycles. The number of unbranched alkanes of at least 4 members (excludes halogenated alkanes) is 11. The van der Waals surface area contributed by atoms with E-state index in [2.05, 4.69) is 62.5 Å². The van der Waals surface area contributed by atoms with Crippen molar-refractivity contribution in [1.82, 2.24) is 0 Å². The second-order valence-corrected chi connectivity index (χ2v) is 13.7. The topological polar surface area (TPSA) is 169 Å². The maximum Gasteiger partial charge on any atom is 0.335 e. The number of aliphatic hydroxyl groups is 3. The maximum absolute atomic E-state index is 12.7. The van der Waals surface area contributed by atoms with Crippen LogP contribution in [0.15, 0.2) is 60.8 Å². The molecule has 0 spiro atoms. The van der Waals surface area contributed by atoms with Gasteiger partial charge in [0.1, 0.15) is 24.9 Å². The van der Waals surface area contributed by atoms with Crippen LogP contribution in [0.2, 0.25) is 0 Å². The van der Waals surface area contributed by atoms with Gasteiger partial charge in [-0.15, -0.1) is 0 Å². The Morgan fingerprint density at radius 3 is 1.63 bits per heavy atom. The predicted molar refractivity (Wildman–Crippen MR) is 210 cm³/mol. The summed E-state index contributed by atoms with van der Waals surface area (Å²) in [7, 11) is 0. The van der Waals surface area contributed by atoms with Crippen molar-refractivity contribution in [2.24, 2.45) is 0 Å². The third-order valence-electron chi connectivity index (χ3n) is 8.88. The lowest BCUT2D eigenvalue weighted by molar-refractivity contribution is -0.298. The lowest BCUT2D eigenvalue weighted by Crippen LogP contribution is -2.60. The molecular weight excluding hydrogens is 692 g/mol. The zero-order chi connectivity index (χ0) is 39.7. The fraction of sp³-hybridized carbons (Fsp3) is 0.698. The largest absolute Gasteiger partial charge is 0.479 e. The van der Waals surface area contributed by atoms with Crippen molar-refractivity contribution in [1.29, 1.82) is 0 Å². The summed E-state index contributed by atoms with van der Waals surface area (Å²) < 4.78 is 21.6. The van der Waals surface area contributed by atoms with Gasteiger partial charge in [-0.2, -0.15) is 0 Å². The number of hydrogen-bond donors (Lipinski definition) is 4. The van der Waals surface area contributed by atoms with Crippen molar-refractivity contribution >= 4 is 17.9 Å². The van der Waals surface area contributed by atoms with Crippen LogP contribution in [-0.2, 0) is 33.3 Å². The van der Waals surface area contributed by atoms with Crippen LogP contribution in [0.1, 0.15) is 142 Å². The summed E-state index contributed by atoms with van der Waals surface area (Å²) in [5, 5.41) is 39.7. The average Bonchev–Trinajstić information content (AvgIpc) is 3.15. The Hall–Kier alpha value is -3.09. The van der Waals surface area contributed by atoms with Crippen molar-refractivity contribution in [2.75, 3.05) is 13.2 Å². The van der Waals surface area contributed by atoms with Gasteiger partial charge in [0, 0.05) is 12.8 Å². The minimum atomic E-state index is -1.87. The van der Waals surface area contributed by atoms with Gasteiger partial charge < -0.3 is 39.4 Å². The number of hydrogen-bond acceptors (Lipinski definition) is 10. The first-order valence-electron chi connectivity index (χ1n) is 20.3. The summed E-state index contributed by atoms with van der Waals surface area (Å²) >= 11 is 0. The second kappa shape index (κ2) is 33.3. The van der Waals surface area contributed by atoms with Crippen LogP contribution in [-0.4, -0.2) is 88.4 Å². The first-order chi connectivity index (χ1) is 26.2. The molecule has 0 bridgehead atoms. The number of carbonyl (C=O) groups is 3. The SMILES string of the molecule is CC/C=C\C/C=C\C/C=C\C/C=C\C/C=C\CCCC(=O)OCC(COC1OC(C(=O)O)C(O)C(O)C1O)OC(=O)CCCCCCCCCCCCC. The average molecular weight is 763 g/mol. The Morgan fingerprint density at radius 2 is 1.09 bits per heavy atom. The number of allylic oxidation sites excluding steroid dienone is 10. The zero-order valence-corrected chi connectivity index (χ0v) is 32.9. The van der Waals surface area contributed by atoms with Crippen LogP contribution in [0.5, 0.6) is 0 Å². The van der Waals surface area contributed by atoms with Crippen LogP contribution in [0.25, 0.3) is 0 Å². The zero-order valence-electron chi connectivity index (χ0n) is 32.9. The highest BCUT2D eigenvalue weighted by Gasteiger charge is 2.47. The lowest BCUT2D eigenvalue weighted by Gasteiger charge is -2.38. The normalized spacial score (nSPS) is 21.2. The van der Waals surface area contributed by atoms with E-state index in [9.17, 15) is 34.8 Å². The molecule has 1 heterocycles. The van der Waals surface area contributed by atoms with Gasteiger partial charge in [0.2, 0.25) is 0 Å². The number of ether oxygens (including phenoxy) is 4. The van der Waals surface area contributed by atoms with Gasteiger partial charge >= 0.3 is 17.9 Å². The molecule has 0 amide bonds. The lowest BCUT2D eigenvalue weighted by atomic mass is 9.99. The van der Waals surface area contributed by atoms with Crippen molar-refractivity contribution in [2.45, 2.75) is 179 Å². The summed E-state index contributed by atoms with van der Waals surface area (Å²) in [4.78, 5) is 36.6. The molecule has 1 fully saturated rings. The molecule has 54 heavy (non-hydrogen) atoms. The van der Waals surface area contributed by atoms with E-state index >= 15 is 0 Å². The number of aliphatic hydroxyl groups excluding tert-OH is 3. The van der Waals surface area contributed by atoms with Crippen LogP contribution in [0.3, 0.4) is 0 Å². The van der Waals surface area contributed by atoms with E-state index in [-0.39, 0.29) is 19.4 Å². The van der Waals surface area contributed by atoms with Gasteiger partial charge in [0.05, 0.1) is 6.61 Å². The smallest absolute Gasteiger partial charge is 0.335 e. The summed E-state index contributed by atoms with van der Waals surface area (Å²) in [6, 6.07) is 0. The molecule has 4 N–H and O–H groups in total. The van der Waals surface area contributed by atoms with E-state index in [0.717, 1.165) is 51.4 Å². The molecule has 0 aromatic carbocycles. The second-order valence-electron chi connectivity index (χ2n) is 13.7. The quantitative estimate of drug-likeness (QED) is 0.0298. The molecular formula is C43H70O11. The van der Waals surface area contributed by atoms with E-state index in [1.54, 1.807) is 0 Å². The molecule has 1 rings (SSSR count). The molecule has 11 nitrogen and oxygen atoms in total. The van der Waals surface area contributed by atoms with E-state index in [1.807, 2.05) is 12.2 Å². The number of rotatable bonds is 32. The van der Waals surface area contributed by atoms with Crippen molar-refractivity contribution in [3.8, 4) is 0 Å². The maximum atomic E-state index is 12.7. The van der Waals surface area contributed by atoms with Crippen LogP contribution >= 0.6 is 0 Å². The van der Waals surface area contributed by atoms with Gasteiger partial charge in [0.25, 0.3) is 0 Å². The van der Waals surface area contributed by atoms with Crippen LogP contribution in [0, 0.1) is 0 Å². The molecule has 1 aliphatic heterocycles. The highest BCUT2D eigenvalue weighted by Crippen LogP contribution is 2.23. The number of carboxylic acid groups (broad SMARTS) is 1. The molecule has 0 radical (unpaired) electrons. The van der Waals surface area contributed by atoms with E-state index < -0.39 is 61.3 Å². The van der Waals surface area contributed by atoms with Crippen LogP contribution < -0.4 is 0 Å². The summed E-state index contributed by atoms with van der Waals surface area (Å²) in [5.41, 5.74) is 0. The Labute approximate surface area is 324 Å². The summed E-state index contributed by atoms with van der Waals surface area (Å²) in [6.07, 6.45) is 30.0. The van der Waals surface area contributed by atoms with Crippen molar-refractivity contribution in [3.63, 3.8) is 0 Å². The minimum Gasteiger partial charge on any atom is -0.479 e. The van der Waals surface area contributed by atoms with Crippen molar-refractivity contribution in [3.05, 3.63) is 60.8 Å². The standard InChI is InChI=1S/C43H70O11/c1-3-5-7-9-11-13-15-16-17-18-19-20-22-23-25-27-29-31-36(44)51-33-35(34-52-43-40(48)38(46)39(47)41(54-43)42(49)50)53-37(45)32-30-28-26-24-21-14-12-10-8-6-4-2/h5,7,11,13,16-17,19-20,23,25,35,38-41,43,46-48H,3-4,6,8-10,12,14-15,18,21-22,24,26-34H2,1-2H3,(H,49,50)/b7-5-,13-11-,17-16-,20-19-,25-23-. The van der Waals surface area contributed by atoms with Gasteiger partial charge in [0.15, 0.2) is 18.5 Å². The van der Waals surface area contributed by atoms with Gasteiger partial charge in [-0.3, -0.25) is 9.59 Å². The Bertz CT molecular complexity index is 1130. The molecule has 0 aromatic rings. The minimum absolute atomic E-state index is 0.156. The van der Waals surface area contributed by atoms with E-state index in [1.165, 1.54) is 44.9 Å². The summed E-state index contributed by atoms with van der Waals surface area (Å²) in [6.45, 7) is 3.61. The third kappa shape index (κ3) is 25.1. The highest BCUT2D eigenvalue weighted by atomic mass is 16.7. The molecule has 0 aliphatic carbocycles. The van der Waals surface area contributed by atoms with Crippen LogP contribution in [0.4, 0.5) is 0 Å². The molecule has 308 valence electrons. The van der Waals surface area contributed by atoms with Gasteiger partial charge in [-0.1, -0.05) is 139 Å². The number of aliphatic carboxylic acids is 1. The fourth-order valence-electron chi connectivity index (χ4n) is 5.68. The first kappa shape index (κ1) is 48.9. The first-order valence-corrected chi connectivity index (χ1v) is 20.3. The molecule has 1 aliphatic rings. The Morgan fingerprint density at radius 1 is 0.593 bits per heavy atom. The Balaban J connectivity index is 2.46. The van der Waals surface area contributed by atoms with Crippen molar-refractivity contribution < 1.29 is 53.8 Å². The fourth-order valence-corrected chi connectivity index (χ4v) is 5.68. The molecule has 11 heteroatoms. The number of carboxylic acids is 1.